The first-order valence-corrected chi connectivity index (χ1v) is 4.44. The van der Waals surface area contributed by atoms with Crippen LogP contribution in [0.5, 0.6) is 0 Å². The van der Waals surface area contributed by atoms with Crippen LogP contribution in [0.3, 0.4) is 0 Å². The molecule has 0 amide bonds. The highest BCUT2D eigenvalue weighted by Crippen LogP contribution is 1.96. The van der Waals surface area contributed by atoms with Crippen molar-refractivity contribution in [2.75, 3.05) is 0 Å². The van der Waals surface area contributed by atoms with Crippen LogP contribution in [0, 0.1) is 0 Å². The number of hydrogen-bond donors (Lipinski definition) is 2. The fraction of sp³-hybridized carbons (Fsp3) is 0.0833. The molecule has 0 radical (unpaired) electrons. The molecule has 0 unspecified atom stereocenters. The summed E-state index contributed by atoms with van der Waals surface area (Å²) in [6.45, 7) is 5.31. The van der Waals surface area contributed by atoms with E-state index < -0.39 is 5.97 Å². The summed E-state index contributed by atoms with van der Waals surface area (Å²) >= 11 is 0. The van der Waals surface area contributed by atoms with Crippen molar-refractivity contribution in [2.45, 2.75) is 6.92 Å². The molecule has 0 heterocycles. The van der Waals surface area contributed by atoms with Gasteiger partial charge in [-0.05, 0) is 25.1 Å². The predicted octanol–water partition coefficient (Wildman–Crippen LogP) is 2.42. The highest BCUT2D eigenvalue weighted by molar-refractivity contribution is 5.87. The average molecular weight is 205 g/mol. The zero-order valence-electron chi connectivity index (χ0n) is 8.68. The van der Waals surface area contributed by atoms with Crippen molar-refractivity contribution >= 4 is 5.97 Å². The zero-order valence-corrected chi connectivity index (χ0v) is 8.68. The number of hydrogen-bond acceptors (Lipinski definition) is 2. The Labute approximate surface area is 89.5 Å². The molecule has 3 nitrogen and oxygen atoms in total. The lowest BCUT2D eigenvalue weighted by atomic mass is 10.2. The van der Waals surface area contributed by atoms with Crippen LogP contribution in [-0.2, 0) is 0 Å². The lowest BCUT2D eigenvalue weighted by Crippen LogP contribution is -1.93. The Morgan fingerprint density at radius 2 is 1.93 bits per heavy atom. The van der Waals surface area contributed by atoms with Gasteiger partial charge in [0.2, 0.25) is 0 Å². The van der Waals surface area contributed by atoms with E-state index in [0.29, 0.717) is 5.56 Å². The second-order valence-corrected chi connectivity index (χ2v) is 2.66. The molecule has 1 aromatic rings. The molecule has 0 fully saturated rings. The minimum absolute atomic E-state index is 0.331. The van der Waals surface area contributed by atoms with Crippen LogP contribution in [0.15, 0.2) is 54.8 Å². The Hall–Kier alpha value is -2.03. The number of nitrogens with two attached hydrogens (primary N) is 1. The number of aromatic carboxylic acids is 1. The molecule has 0 aliphatic carbocycles. The predicted molar refractivity (Wildman–Crippen MR) is 61.5 cm³/mol. The molecule has 80 valence electrons. The number of carboxylic acid groups (broad SMARTS) is 1. The highest BCUT2D eigenvalue weighted by atomic mass is 16.4. The van der Waals surface area contributed by atoms with E-state index in [2.05, 4.69) is 6.58 Å². The SMILES string of the molecule is C=CC(N)=CC.O=C(O)c1ccccc1. The van der Waals surface area contributed by atoms with E-state index in [9.17, 15) is 4.79 Å². The number of benzene rings is 1. The van der Waals surface area contributed by atoms with E-state index in [0.717, 1.165) is 5.70 Å². The molecule has 0 saturated heterocycles. The van der Waals surface area contributed by atoms with E-state index in [1.54, 1.807) is 42.5 Å². The quantitative estimate of drug-likeness (QED) is 0.729. The standard InChI is InChI=1S/C7H6O2.C5H9N/c8-7(9)6-4-2-1-3-5-6;1-3-5(6)4-2/h1-5H,(H,8,9);3-4H,1,6H2,2H3. The van der Waals surface area contributed by atoms with Crippen molar-refractivity contribution in [3.05, 3.63) is 60.3 Å². The number of carboxylic acids is 1. The molecule has 0 aliphatic heterocycles. The van der Waals surface area contributed by atoms with Gasteiger partial charge in [-0.25, -0.2) is 4.79 Å². The maximum atomic E-state index is 10.2. The summed E-state index contributed by atoms with van der Waals surface area (Å²) in [4.78, 5) is 10.2. The van der Waals surface area contributed by atoms with Crippen molar-refractivity contribution in [2.24, 2.45) is 5.73 Å². The Bertz CT molecular complexity index is 342. The van der Waals surface area contributed by atoms with Gasteiger partial charge in [0.15, 0.2) is 0 Å². The second-order valence-electron chi connectivity index (χ2n) is 2.66. The molecule has 0 spiro atoms. The molecule has 0 aromatic heterocycles. The molecule has 15 heavy (non-hydrogen) atoms. The van der Waals surface area contributed by atoms with Gasteiger partial charge in [-0.3, -0.25) is 0 Å². The van der Waals surface area contributed by atoms with Gasteiger partial charge >= 0.3 is 5.97 Å². The molecule has 0 saturated carbocycles. The maximum absolute atomic E-state index is 10.2. The van der Waals surface area contributed by atoms with Gasteiger partial charge in [-0.2, -0.15) is 0 Å². The topological polar surface area (TPSA) is 63.3 Å². The highest BCUT2D eigenvalue weighted by Gasteiger charge is 1.96. The number of carbonyl (C=O) groups is 1. The summed E-state index contributed by atoms with van der Waals surface area (Å²) in [5.74, 6) is -0.879. The van der Waals surface area contributed by atoms with Gasteiger partial charge in [0.25, 0.3) is 0 Å². The van der Waals surface area contributed by atoms with Crippen molar-refractivity contribution in [1.82, 2.24) is 0 Å². The van der Waals surface area contributed by atoms with E-state index >= 15 is 0 Å². The summed E-state index contributed by atoms with van der Waals surface area (Å²) in [6, 6.07) is 8.30. The Morgan fingerprint density at radius 3 is 2.13 bits per heavy atom. The maximum Gasteiger partial charge on any atom is 0.335 e. The normalized spacial score (nSPS) is 9.80. The van der Waals surface area contributed by atoms with Crippen LogP contribution in [0.4, 0.5) is 0 Å². The first kappa shape index (κ1) is 13.0. The van der Waals surface area contributed by atoms with Gasteiger partial charge in [0, 0.05) is 5.70 Å². The lowest BCUT2D eigenvalue weighted by molar-refractivity contribution is 0.0697. The van der Waals surface area contributed by atoms with Crippen LogP contribution in [0.1, 0.15) is 17.3 Å². The summed E-state index contributed by atoms with van der Waals surface area (Å²) in [5, 5.41) is 8.38. The van der Waals surface area contributed by atoms with Gasteiger partial charge in [0.05, 0.1) is 5.56 Å². The largest absolute Gasteiger partial charge is 0.478 e. The van der Waals surface area contributed by atoms with Crippen molar-refractivity contribution in [3.8, 4) is 0 Å². The average Bonchev–Trinajstić information content (AvgIpc) is 2.30. The first-order valence-electron chi connectivity index (χ1n) is 4.44. The molecule has 1 aromatic carbocycles. The first-order chi connectivity index (χ1) is 7.11. The molecule has 3 heteroatoms. The van der Waals surface area contributed by atoms with E-state index in [1.807, 2.05) is 6.92 Å². The van der Waals surface area contributed by atoms with Gasteiger partial charge in [-0.15, -0.1) is 0 Å². The van der Waals surface area contributed by atoms with Gasteiger partial charge in [-0.1, -0.05) is 30.9 Å². The molecule has 0 aliphatic rings. The third kappa shape index (κ3) is 6.10. The molecular formula is C12H15NO2. The van der Waals surface area contributed by atoms with Crippen LogP contribution in [0.2, 0.25) is 0 Å². The second kappa shape index (κ2) is 7.38. The van der Waals surface area contributed by atoms with E-state index in [-0.39, 0.29) is 0 Å². The van der Waals surface area contributed by atoms with Crippen LogP contribution < -0.4 is 5.73 Å². The van der Waals surface area contributed by atoms with E-state index in [4.69, 9.17) is 10.8 Å². The Morgan fingerprint density at radius 1 is 1.40 bits per heavy atom. The Kier molecular flexibility index (Phi) is 6.38. The molecule has 0 atom stereocenters. The smallest absolute Gasteiger partial charge is 0.335 e. The fourth-order valence-electron chi connectivity index (χ4n) is 0.699. The fourth-order valence-corrected chi connectivity index (χ4v) is 0.699. The lowest BCUT2D eigenvalue weighted by Gasteiger charge is -1.88. The molecule has 0 bridgehead atoms. The van der Waals surface area contributed by atoms with Gasteiger partial charge < -0.3 is 10.8 Å². The van der Waals surface area contributed by atoms with Crippen LogP contribution in [0.25, 0.3) is 0 Å². The van der Waals surface area contributed by atoms with Crippen LogP contribution >= 0.6 is 0 Å². The summed E-state index contributed by atoms with van der Waals surface area (Å²) in [5.41, 5.74) is 6.28. The minimum Gasteiger partial charge on any atom is -0.478 e. The summed E-state index contributed by atoms with van der Waals surface area (Å²) in [6.07, 6.45) is 3.41. The van der Waals surface area contributed by atoms with Crippen molar-refractivity contribution in [1.29, 1.82) is 0 Å². The van der Waals surface area contributed by atoms with E-state index in [1.165, 1.54) is 0 Å². The third-order valence-electron chi connectivity index (χ3n) is 1.59. The molecular weight excluding hydrogens is 190 g/mol. The van der Waals surface area contributed by atoms with Crippen molar-refractivity contribution in [3.63, 3.8) is 0 Å². The summed E-state index contributed by atoms with van der Waals surface area (Å²) in [7, 11) is 0. The Balaban J connectivity index is 0.000000288. The number of rotatable bonds is 2. The van der Waals surface area contributed by atoms with Crippen LogP contribution in [-0.4, -0.2) is 11.1 Å². The zero-order chi connectivity index (χ0) is 11.7. The minimum atomic E-state index is -0.879. The van der Waals surface area contributed by atoms with Gasteiger partial charge in [0.1, 0.15) is 0 Å². The monoisotopic (exact) mass is 205 g/mol. The third-order valence-corrected chi connectivity index (χ3v) is 1.59. The molecule has 1 rings (SSSR count). The molecule has 3 N–H and O–H groups in total. The number of allylic oxidation sites excluding steroid dienone is 2. The van der Waals surface area contributed by atoms with Crippen molar-refractivity contribution < 1.29 is 9.90 Å². The summed E-state index contributed by atoms with van der Waals surface area (Å²) < 4.78 is 0.